The smallest absolute Gasteiger partial charge is 0.0959 e. The highest BCUT2D eigenvalue weighted by atomic mass is 35.5. The van der Waals surface area contributed by atoms with Crippen LogP contribution in [0.15, 0.2) is 67.3 Å². The molecular weight excluding hydrogens is 418 g/mol. The lowest BCUT2D eigenvalue weighted by Gasteiger charge is -2.32. The van der Waals surface area contributed by atoms with Crippen LogP contribution in [-0.4, -0.2) is 64.1 Å². The second-order valence-corrected chi connectivity index (χ2v) is 9.01. The molecule has 32 heavy (non-hydrogen) atoms. The van der Waals surface area contributed by atoms with Crippen LogP contribution in [0.1, 0.15) is 6.42 Å². The Labute approximate surface area is 194 Å². The molecule has 1 fully saturated rings. The predicted molar refractivity (Wildman–Crippen MR) is 132 cm³/mol. The van der Waals surface area contributed by atoms with Crippen molar-refractivity contribution in [3.63, 3.8) is 0 Å². The molecule has 1 aliphatic rings. The van der Waals surface area contributed by atoms with Crippen molar-refractivity contribution in [1.29, 1.82) is 0 Å². The Balaban J connectivity index is 1.39. The lowest BCUT2D eigenvalue weighted by molar-refractivity contribution is 0.151. The molecule has 5 nitrogen and oxygen atoms in total. The average Bonchev–Trinajstić information content (AvgIpc) is 3.20. The van der Waals surface area contributed by atoms with E-state index in [-0.39, 0.29) is 0 Å². The van der Waals surface area contributed by atoms with Crippen molar-refractivity contribution in [3.05, 3.63) is 72.3 Å². The molecule has 4 heterocycles. The topological polar surface area (TPSA) is 37.2 Å². The summed E-state index contributed by atoms with van der Waals surface area (Å²) in [5.74, 6) is 0. The number of aryl methyl sites for hydroxylation is 1. The lowest BCUT2D eigenvalue weighted by atomic mass is 10.0. The minimum atomic E-state index is 0.738. The highest BCUT2D eigenvalue weighted by Gasteiger charge is 2.15. The van der Waals surface area contributed by atoms with Crippen molar-refractivity contribution < 1.29 is 0 Å². The van der Waals surface area contributed by atoms with Gasteiger partial charge >= 0.3 is 0 Å². The summed E-state index contributed by atoms with van der Waals surface area (Å²) < 4.78 is 2.35. The van der Waals surface area contributed by atoms with Crippen molar-refractivity contribution in [2.45, 2.75) is 13.0 Å². The van der Waals surface area contributed by atoms with E-state index in [9.17, 15) is 0 Å². The Morgan fingerprint density at radius 2 is 1.69 bits per heavy atom. The van der Waals surface area contributed by atoms with Crippen LogP contribution in [0.5, 0.6) is 0 Å². The van der Waals surface area contributed by atoms with Gasteiger partial charge in [-0.15, -0.1) is 0 Å². The van der Waals surface area contributed by atoms with E-state index in [1.165, 1.54) is 18.6 Å². The van der Waals surface area contributed by atoms with E-state index in [2.05, 4.69) is 44.7 Å². The number of hydrogen-bond donors (Lipinski definition) is 0. The minimum absolute atomic E-state index is 0.738. The van der Waals surface area contributed by atoms with Crippen molar-refractivity contribution in [2.75, 3.05) is 39.8 Å². The third-order valence-electron chi connectivity index (χ3n) is 6.33. The molecule has 0 saturated carbocycles. The molecule has 1 aliphatic heterocycles. The molecule has 0 aliphatic carbocycles. The van der Waals surface area contributed by atoms with E-state index in [4.69, 9.17) is 16.6 Å². The van der Waals surface area contributed by atoms with E-state index in [0.29, 0.717) is 0 Å². The number of hydrogen-bond acceptors (Lipinski definition) is 4. The molecule has 0 unspecified atom stereocenters. The summed E-state index contributed by atoms with van der Waals surface area (Å²) in [6.45, 7) is 6.78. The Kier molecular flexibility index (Phi) is 6.21. The molecule has 164 valence electrons. The summed E-state index contributed by atoms with van der Waals surface area (Å²) in [7, 11) is 2.20. The molecule has 0 N–H and O–H groups in total. The first-order valence-corrected chi connectivity index (χ1v) is 11.6. The Morgan fingerprint density at radius 3 is 2.50 bits per heavy atom. The van der Waals surface area contributed by atoms with Gasteiger partial charge in [0.05, 0.1) is 11.0 Å². The van der Waals surface area contributed by atoms with E-state index in [1.807, 2.05) is 48.9 Å². The zero-order valence-corrected chi connectivity index (χ0v) is 19.2. The van der Waals surface area contributed by atoms with Crippen molar-refractivity contribution >= 4 is 22.6 Å². The zero-order valence-electron chi connectivity index (χ0n) is 18.4. The first kappa shape index (κ1) is 21.1. The number of benzene rings is 1. The van der Waals surface area contributed by atoms with Gasteiger partial charge in [-0.2, -0.15) is 0 Å². The highest BCUT2D eigenvalue weighted by Crippen LogP contribution is 2.31. The van der Waals surface area contributed by atoms with Gasteiger partial charge in [0.15, 0.2) is 0 Å². The zero-order chi connectivity index (χ0) is 21.9. The number of rotatable bonds is 6. The van der Waals surface area contributed by atoms with Crippen LogP contribution in [0.3, 0.4) is 0 Å². The maximum Gasteiger partial charge on any atom is 0.0959 e. The van der Waals surface area contributed by atoms with Crippen molar-refractivity contribution in [3.8, 4) is 22.3 Å². The number of likely N-dealkylation sites (N-methyl/N-ethyl adjacent to an activating group) is 1. The molecule has 0 radical (unpaired) electrons. The quantitative estimate of drug-likeness (QED) is 0.416. The lowest BCUT2D eigenvalue weighted by Crippen LogP contribution is -2.44. The van der Waals surface area contributed by atoms with Gasteiger partial charge in [0.1, 0.15) is 0 Å². The van der Waals surface area contributed by atoms with Crippen LogP contribution in [0.4, 0.5) is 0 Å². The number of aromatic nitrogens is 3. The summed E-state index contributed by atoms with van der Waals surface area (Å²) in [6.07, 6.45) is 9.07. The predicted octanol–water partition coefficient (Wildman–Crippen LogP) is 5.06. The van der Waals surface area contributed by atoms with Crippen LogP contribution in [0, 0.1) is 0 Å². The molecule has 1 saturated heterocycles. The highest BCUT2D eigenvalue weighted by molar-refractivity contribution is 6.30. The van der Waals surface area contributed by atoms with E-state index >= 15 is 0 Å². The fourth-order valence-corrected chi connectivity index (χ4v) is 4.57. The van der Waals surface area contributed by atoms with Gasteiger partial charge in [0.25, 0.3) is 0 Å². The van der Waals surface area contributed by atoms with Crippen LogP contribution in [0.25, 0.3) is 33.3 Å². The fraction of sp³-hybridized carbons (Fsp3) is 0.308. The van der Waals surface area contributed by atoms with Gasteiger partial charge < -0.3 is 14.4 Å². The summed E-state index contributed by atoms with van der Waals surface area (Å²) in [5, 5.41) is 0.738. The average molecular weight is 446 g/mol. The normalized spacial score (nSPS) is 15.4. The first-order valence-electron chi connectivity index (χ1n) is 11.2. The maximum absolute atomic E-state index is 6.06. The van der Waals surface area contributed by atoms with E-state index in [0.717, 1.165) is 65.4 Å². The van der Waals surface area contributed by atoms with Gasteiger partial charge in [-0.3, -0.25) is 9.97 Å². The van der Waals surface area contributed by atoms with E-state index < -0.39 is 0 Å². The maximum atomic E-state index is 6.06. The number of fused-ring (bicyclic) bond motifs is 1. The van der Waals surface area contributed by atoms with Gasteiger partial charge in [-0.1, -0.05) is 23.7 Å². The largest absolute Gasteiger partial charge is 0.345 e. The molecular formula is C26H28ClN5. The molecule has 0 atom stereocenters. The van der Waals surface area contributed by atoms with E-state index in [1.54, 1.807) is 0 Å². The SMILES string of the molecule is CN1CCN(CCCn2cc(-c3cncc(-c4ccc(Cl)cc4)c3)c3ncccc32)CC1. The van der Waals surface area contributed by atoms with Gasteiger partial charge in [0, 0.05) is 79.2 Å². The molecule has 5 rings (SSSR count). The third kappa shape index (κ3) is 4.56. The standard InChI is InChI=1S/C26H28ClN5/c1-30-12-14-31(15-13-30)10-3-11-32-19-24(26-25(32)4-2-9-29-26)22-16-21(17-28-18-22)20-5-7-23(27)8-6-20/h2,4-9,16-19H,3,10-15H2,1H3. The number of pyridine rings is 2. The molecule has 3 aromatic heterocycles. The van der Waals surface area contributed by atoms with Crippen LogP contribution < -0.4 is 0 Å². The van der Waals surface area contributed by atoms with Crippen molar-refractivity contribution in [1.82, 2.24) is 24.3 Å². The number of halogens is 1. The van der Waals surface area contributed by atoms with Crippen LogP contribution in [0.2, 0.25) is 5.02 Å². The van der Waals surface area contributed by atoms with Gasteiger partial charge in [-0.05, 0) is 55.9 Å². The number of nitrogens with zero attached hydrogens (tertiary/aromatic N) is 5. The molecule has 4 aromatic rings. The fourth-order valence-electron chi connectivity index (χ4n) is 4.44. The summed E-state index contributed by atoms with van der Waals surface area (Å²) in [5.41, 5.74) is 6.60. The minimum Gasteiger partial charge on any atom is -0.345 e. The molecule has 0 spiro atoms. The van der Waals surface area contributed by atoms with Crippen LogP contribution >= 0.6 is 11.6 Å². The monoisotopic (exact) mass is 445 g/mol. The summed E-state index contributed by atoms with van der Waals surface area (Å²) >= 11 is 6.06. The Morgan fingerprint density at radius 1 is 0.906 bits per heavy atom. The molecule has 0 amide bonds. The summed E-state index contributed by atoms with van der Waals surface area (Å²) in [4.78, 5) is 14.2. The van der Waals surface area contributed by atoms with Gasteiger partial charge in [-0.25, -0.2) is 0 Å². The Hall–Kier alpha value is -2.73. The van der Waals surface area contributed by atoms with Crippen molar-refractivity contribution in [2.24, 2.45) is 0 Å². The number of piperazine rings is 1. The second kappa shape index (κ2) is 9.41. The molecule has 1 aromatic carbocycles. The van der Waals surface area contributed by atoms with Gasteiger partial charge in [0.2, 0.25) is 0 Å². The molecule has 6 heteroatoms. The first-order chi connectivity index (χ1) is 15.7. The molecule has 0 bridgehead atoms. The Bertz CT molecular complexity index is 1190. The second-order valence-electron chi connectivity index (χ2n) is 8.57. The van der Waals surface area contributed by atoms with Crippen LogP contribution in [-0.2, 0) is 6.54 Å². The summed E-state index contributed by atoms with van der Waals surface area (Å²) in [6, 6.07) is 14.3. The third-order valence-corrected chi connectivity index (χ3v) is 6.58.